The number of hydrogen-bond donors (Lipinski definition) is 1. The third kappa shape index (κ3) is 2.91. The molecule has 0 radical (unpaired) electrons. The molecule has 0 aromatic rings. The van der Waals surface area contributed by atoms with Gasteiger partial charge in [-0.2, -0.15) is 0 Å². The Morgan fingerprint density at radius 3 is 2.47 bits per heavy atom. The molecule has 1 aliphatic rings. The molecule has 4 atom stereocenters. The van der Waals surface area contributed by atoms with Gasteiger partial charge in [0.2, 0.25) is 0 Å². The Kier molecular flexibility index (Phi) is 5.02. The second-order valence-electron chi connectivity index (χ2n) is 3.93. The number of ether oxygens (including phenoxy) is 2. The van der Waals surface area contributed by atoms with Crippen molar-refractivity contribution < 1.29 is 14.6 Å². The zero-order valence-corrected chi connectivity index (χ0v) is 9.43. The van der Waals surface area contributed by atoms with Crippen molar-refractivity contribution in [2.75, 3.05) is 27.4 Å². The first-order valence-electron chi connectivity index (χ1n) is 5.21. The third-order valence-corrected chi connectivity index (χ3v) is 2.95. The lowest BCUT2D eigenvalue weighted by Gasteiger charge is -2.34. The van der Waals surface area contributed by atoms with Gasteiger partial charge in [-0.1, -0.05) is 18.2 Å². The molecule has 0 heterocycles. The minimum Gasteiger partial charge on any atom is -0.392 e. The summed E-state index contributed by atoms with van der Waals surface area (Å²) in [5.41, 5.74) is 0. The maximum atomic E-state index is 10.1. The summed E-state index contributed by atoms with van der Waals surface area (Å²) in [4.78, 5) is 0. The molecule has 0 aromatic heterocycles. The molecule has 1 N–H and O–H groups in total. The average molecular weight is 212 g/mol. The molecule has 0 amide bonds. The lowest BCUT2D eigenvalue weighted by molar-refractivity contribution is -0.0112. The van der Waals surface area contributed by atoms with E-state index in [-0.39, 0.29) is 17.8 Å². The van der Waals surface area contributed by atoms with E-state index in [0.29, 0.717) is 13.2 Å². The van der Waals surface area contributed by atoms with Crippen molar-refractivity contribution in [1.82, 2.24) is 0 Å². The maximum Gasteiger partial charge on any atom is 0.0693 e. The van der Waals surface area contributed by atoms with Crippen molar-refractivity contribution in [2.24, 2.45) is 17.8 Å². The van der Waals surface area contributed by atoms with Crippen LogP contribution in [0.3, 0.4) is 0 Å². The summed E-state index contributed by atoms with van der Waals surface area (Å²) >= 11 is 0. The highest BCUT2D eigenvalue weighted by atomic mass is 16.5. The molecule has 0 aliphatic heterocycles. The topological polar surface area (TPSA) is 38.7 Å². The Morgan fingerprint density at radius 1 is 1.27 bits per heavy atom. The van der Waals surface area contributed by atoms with E-state index in [4.69, 9.17) is 9.47 Å². The Balaban J connectivity index is 2.74. The number of methoxy groups -OCH3 is 2. The fraction of sp³-hybridized carbons (Fsp3) is 0.667. The SMILES string of the molecule is C=C[C@@H]1C=C[C@H](COC)[C@H](COC)[C@@H]1O. The van der Waals surface area contributed by atoms with Crippen LogP contribution >= 0.6 is 0 Å². The minimum absolute atomic E-state index is 0.0262. The van der Waals surface area contributed by atoms with Gasteiger partial charge in [-0.15, -0.1) is 6.58 Å². The van der Waals surface area contributed by atoms with Crippen LogP contribution in [-0.2, 0) is 9.47 Å². The van der Waals surface area contributed by atoms with Gasteiger partial charge in [0, 0.05) is 32.0 Å². The van der Waals surface area contributed by atoms with Gasteiger partial charge in [-0.25, -0.2) is 0 Å². The van der Waals surface area contributed by atoms with Gasteiger partial charge < -0.3 is 14.6 Å². The summed E-state index contributed by atoms with van der Waals surface area (Å²) in [6.07, 6.45) is 5.43. The van der Waals surface area contributed by atoms with Gasteiger partial charge in [0.1, 0.15) is 0 Å². The number of aliphatic hydroxyl groups excluding tert-OH is 1. The number of aliphatic hydroxyl groups is 1. The summed E-state index contributed by atoms with van der Waals surface area (Å²) in [5.74, 6) is 0.336. The van der Waals surface area contributed by atoms with Crippen LogP contribution in [0.25, 0.3) is 0 Å². The first-order valence-corrected chi connectivity index (χ1v) is 5.21. The van der Waals surface area contributed by atoms with Crippen molar-refractivity contribution in [2.45, 2.75) is 6.10 Å². The van der Waals surface area contributed by atoms with Crippen molar-refractivity contribution in [3.63, 3.8) is 0 Å². The first-order chi connectivity index (χ1) is 7.24. The van der Waals surface area contributed by atoms with Crippen LogP contribution in [0.15, 0.2) is 24.8 Å². The largest absolute Gasteiger partial charge is 0.392 e. The fourth-order valence-electron chi connectivity index (χ4n) is 2.07. The van der Waals surface area contributed by atoms with E-state index in [9.17, 15) is 5.11 Å². The predicted octanol–water partition coefficient (Wildman–Crippen LogP) is 1.24. The quantitative estimate of drug-likeness (QED) is 0.697. The van der Waals surface area contributed by atoms with Crippen LogP contribution in [0, 0.1) is 17.8 Å². The van der Waals surface area contributed by atoms with Crippen LogP contribution in [0.4, 0.5) is 0 Å². The van der Waals surface area contributed by atoms with Crippen molar-refractivity contribution in [3.05, 3.63) is 24.8 Å². The first kappa shape index (κ1) is 12.4. The fourth-order valence-corrected chi connectivity index (χ4v) is 2.07. The van der Waals surface area contributed by atoms with E-state index < -0.39 is 6.10 Å². The molecule has 0 aromatic carbocycles. The molecule has 0 saturated heterocycles. The van der Waals surface area contributed by atoms with E-state index in [1.54, 1.807) is 20.3 Å². The number of rotatable bonds is 5. The van der Waals surface area contributed by atoms with Crippen molar-refractivity contribution >= 4 is 0 Å². The van der Waals surface area contributed by atoms with Crippen LogP contribution in [0.1, 0.15) is 0 Å². The van der Waals surface area contributed by atoms with Crippen LogP contribution < -0.4 is 0 Å². The Bertz CT molecular complexity index is 225. The second kappa shape index (κ2) is 6.05. The summed E-state index contributed by atoms with van der Waals surface area (Å²) in [7, 11) is 3.32. The van der Waals surface area contributed by atoms with E-state index >= 15 is 0 Å². The molecule has 86 valence electrons. The van der Waals surface area contributed by atoms with Gasteiger partial charge in [-0.3, -0.25) is 0 Å². The van der Waals surface area contributed by atoms with Crippen molar-refractivity contribution in [3.8, 4) is 0 Å². The van der Waals surface area contributed by atoms with E-state index in [1.165, 1.54) is 0 Å². The highest BCUT2D eigenvalue weighted by molar-refractivity contribution is 5.10. The molecule has 1 aliphatic carbocycles. The molecular formula is C12H20O3. The lowest BCUT2D eigenvalue weighted by atomic mass is 9.77. The Hall–Kier alpha value is -0.640. The highest BCUT2D eigenvalue weighted by Gasteiger charge is 2.33. The average Bonchev–Trinajstić information content (AvgIpc) is 2.24. The summed E-state index contributed by atoms with van der Waals surface area (Å²) in [6.45, 7) is 4.88. The Morgan fingerprint density at radius 2 is 1.93 bits per heavy atom. The molecule has 0 unspecified atom stereocenters. The summed E-state index contributed by atoms with van der Waals surface area (Å²) < 4.78 is 10.3. The normalized spacial score (nSPS) is 35.4. The van der Waals surface area contributed by atoms with Gasteiger partial charge in [0.25, 0.3) is 0 Å². The molecule has 0 fully saturated rings. The van der Waals surface area contributed by atoms with Gasteiger partial charge in [0.15, 0.2) is 0 Å². The third-order valence-electron chi connectivity index (χ3n) is 2.95. The second-order valence-corrected chi connectivity index (χ2v) is 3.93. The standard InChI is InChI=1S/C12H20O3/c1-4-9-5-6-10(7-14-2)11(8-15-3)12(9)13/h4-6,9-13H,1,7-8H2,2-3H3/t9-,10-,11+,12-/m1/s1. The van der Waals surface area contributed by atoms with Crippen LogP contribution in [-0.4, -0.2) is 38.6 Å². The smallest absolute Gasteiger partial charge is 0.0693 e. The lowest BCUT2D eigenvalue weighted by Crippen LogP contribution is -2.39. The molecule has 1 rings (SSSR count). The van der Waals surface area contributed by atoms with Gasteiger partial charge in [0.05, 0.1) is 19.3 Å². The molecule has 0 saturated carbocycles. The zero-order chi connectivity index (χ0) is 11.3. The van der Waals surface area contributed by atoms with Crippen LogP contribution in [0.2, 0.25) is 0 Å². The number of hydrogen-bond acceptors (Lipinski definition) is 3. The molecule has 15 heavy (non-hydrogen) atoms. The molecule has 3 nitrogen and oxygen atoms in total. The minimum atomic E-state index is -0.424. The van der Waals surface area contributed by atoms with Crippen molar-refractivity contribution in [1.29, 1.82) is 0 Å². The van der Waals surface area contributed by atoms with E-state index in [0.717, 1.165) is 0 Å². The molecule has 0 bridgehead atoms. The molecule has 3 heteroatoms. The van der Waals surface area contributed by atoms with Gasteiger partial charge in [-0.05, 0) is 0 Å². The highest BCUT2D eigenvalue weighted by Crippen LogP contribution is 2.30. The monoisotopic (exact) mass is 212 g/mol. The maximum absolute atomic E-state index is 10.1. The van der Waals surface area contributed by atoms with E-state index in [1.807, 2.05) is 6.08 Å². The Labute approximate surface area is 91.4 Å². The summed E-state index contributed by atoms with van der Waals surface area (Å²) in [6, 6.07) is 0. The van der Waals surface area contributed by atoms with Crippen LogP contribution in [0.5, 0.6) is 0 Å². The molecule has 0 spiro atoms. The molecular weight excluding hydrogens is 192 g/mol. The zero-order valence-electron chi connectivity index (χ0n) is 9.43. The van der Waals surface area contributed by atoms with E-state index in [2.05, 4.69) is 12.7 Å². The summed E-state index contributed by atoms with van der Waals surface area (Å²) in [5, 5.41) is 10.1. The van der Waals surface area contributed by atoms with Gasteiger partial charge >= 0.3 is 0 Å². The predicted molar refractivity (Wildman–Crippen MR) is 59.6 cm³/mol.